The highest BCUT2D eigenvalue weighted by Crippen LogP contribution is 2.27. The van der Waals surface area contributed by atoms with Crippen molar-refractivity contribution in [3.63, 3.8) is 0 Å². The number of ether oxygens (including phenoxy) is 2. The number of hydrogen-bond acceptors (Lipinski definition) is 5. The Balaban J connectivity index is 1.74. The average molecular weight is 410 g/mol. The largest absolute Gasteiger partial charge is 0.491 e. The summed E-state index contributed by atoms with van der Waals surface area (Å²) >= 11 is 0. The van der Waals surface area contributed by atoms with E-state index in [1.54, 1.807) is 27.0 Å². The second kappa shape index (κ2) is 7.92. The first kappa shape index (κ1) is 20.3. The Hall–Kier alpha value is -2.39. The fourth-order valence-corrected chi connectivity index (χ4v) is 4.57. The van der Waals surface area contributed by atoms with E-state index in [1.807, 2.05) is 0 Å². The second-order valence-corrected chi connectivity index (χ2v) is 8.58. The van der Waals surface area contributed by atoms with Gasteiger partial charge < -0.3 is 14.0 Å². The Bertz CT molecular complexity index is 1040. The Kier molecular flexibility index (Phi) is 5.76. The minimum atomic E-state index is -3.85. The monoisotopic (exact) mass is 410 g/mol. The number of sulfonamides is 1. The molecule has 1 aliphatic heterocycles. The molecule has 7 nitrogen and oxygen atoms in total. The summed E-state index contributed by atoms with van der Waals surface area (Å²) in [6, 6.07) is 6.74. The minimum absolute atomic E-state index is 0.0186. The zero-order valence-corrected chi connectivity index (χ0v) is 16.8. The SMILES string of the molecule is CCOc1ccc(S(=O)(=O)N2CCC(Oc3cc(C)n(C)c(=O)c3)C2)cc1F. The average Bonchev–Trinajstić information content (AvgIpc) is 3.10. The molecule has 1 atom stereocenters. The molecule has 1 aliphatic rings. The van der Waals surface area contributed by atoms with Crippen LogP contribution in [0, 0.1) is 12.7 Å². The van der Waals surface area contributed by atoms with Gasteiger partial charge in [-0.05, 0) is 44.5 Å². The quantitative estimate of drug-likeness (QED) is 0.729. The van der Waals surface area contributed by atoms with Crippen LogP contribution in [0.2, 0.25) is 0 Å². The van der Waals surface area contributed by atoms with Crippen LogP contribution in [0.25, 0.3) is 0 Å². The van der Waals surface area contributed by atoms with E-state index in [9.17, 15) is 17.6 Å². The lowest BCUT2D eigenvalue weighted by molar-refractivity contribution is 0.214. The van der Waals surface area contributed by atoms with Crippen LogP contribution in [-0.4, -0.2) is 43.1 Å². The summed E-state index contributed by atoms with van der Waals surface area (Å²) in [5.41, 5.74) is 0.553. The van der Waals surface area contributed by atoms with E-state index >= 15 is 0 Å². The molecule has 0 radical (unpaired) electrons. The molecule has 0 aliphatic carbocycles. The van der Waals surface area contributed by atoms with Gasteiger partial charge in [-0.15, -0.1) is 0 Å². The molecule has 0 amide bonds. The van der Waals surface area contributed by atoms with Crippen molar-refractivity contribution >= 4 is 10.0 Å². The Morgan fingerprint density at radius 1 is 1.25 bits per heavy atom. The first-order chi connectivity index (χ1) is 13.2. The summed E-state index contributed by atoms with van der Waals surface area (Å²) in [5, 5.41) is 0. The molecule has 0 saturated carbocycles. The molecular formula is C19H23FN2O5S. The first-order valence-electron chi connectivity index (χ1n) is 8.99. The molecule has 2 aromatic rings. The third-order valence-corrected chi connectivity index (χ3v) is 6.59. The van der Waals surface area contributed by atoms with Crippen LogP contribution in [0.4, 0.5) is 4.39 Å². The maximum absolute atomic E-state index is 14.1. The van der Waals surface area contributed by atoms with Gasteiger partial charge in [0.25, 0.3) is 5.56 Å². The fraction of sp³-hybridized carbons (Fsp3) is 0.421. The van der Waals surface area contributed by atoms with E-state index in [4.69, 9.17) is 9.47 Å². The van der Waals surface area contributed by atoms with E-state index in [1.165, 1.54) is 27.1 Å². The van der Waals surface area contributed by atoms with Gasteiger partial charge in [0.1, 0.15) is 11.9 Å². The number of nitrogens with zero attached hydrogens (tertiary/aromatic N) is 2. The molecule has 0 bridgehead atoms. The lowest BCUT2D eigenvalue weighted by Gasteiger charge is -2.18. The molecule has 9 heteroatoms. The van der Waals surface area contributed by atoms with E-state index in [0.717, 1.165) is 11.8 Å². The summed E-state index contributed by atoms with van der Waals surface area (Å²) in [4.78, 5) is 11.8. The summed E-state index contributed by atoms with van der Waals surface area (Å²) in [5.74, 6) is -0.285. The number of pyridine rings is 1. The maximum atomic E-state index is 14.1. The predicted octanol–water partition coefficient (Wildman–Crippen LogP) is 2.07. The third-order valence-electron chi connectivity index (χ3n) is 4.73. The third kappa shape index (κ3) is 4.05. The smallest absolute Gasteiger partial charge is 0.254 e. The van der Waals surface area contributed by atoms with Crippen LogP contribution in [0.1, 0.15) is 19.0 Å². The Labute approximate surface area is 163 Å². The predicted molar refractivity (Wildman–Crippen MR) is 102 cm³/mol. The van der Waals surface area contributed by atoms with Crippen LogP contribution in [0.15, 0.2) is 40.0 Å². The van der Waals surface area contributed by atoms with Crippen molar-refractivity contribution in [2.24, 2.45) is 7.05 Å². The molecule has 28 heavy (non-hydrogen) atoms. The number of hydrogen-bond donors (Lipinski definition) is 0. The van der Waals surface area contributed by atoms with Gasteiger partial charge in [-0.2, -0.15) is 4.31 Å². The Morgan fingerprint density at radius 3 is 2.64 bits per heavy atom. The molecule has 1 aromatic carbocycles. The fourth-order valence-electron chi connectivity index (χ4n) is 3.07. The van der Waals surface area contributed by atoms with E-state index < -0.39 is 15.8 Å². The maximum Gasteiger partial charge on any atom is 0.254 e. The highest BCUT2D eigenvalue weighted by molar-refractivity contribution is 7.89. The van der Waals surface area contributed by atoms with Crippen LogP contribution >= 0.6 is 0 Å². The van der Waals surface area contributed by atoms with Gasteiger partial charge in [-0.25, -0.2) is 12.8 Å². The molecule has 1 fully saturated rings. The van der Waals surface area contributed by atoms with Crippen molar-refractivity contribution in [1.82, 2.24) is 8.87 Å². The lowest BCUT2D eigenvalue weighted by Crippen LogP contribution is -2.31. The molecule has 2 heterocycles. The van der Waals surface area contributed by atoms with Crippen molar-refractivity contribution in [1.29, 1.82) is 0 Å². The van der Waals surface area contributed by atoms with Crippen LogP contribution in [0.5, 0.6) is 11.5 Å². The van der Waals surface area contributed by atoms with Gasteiger partial charge in [0, 0.05) is 25.4 Å². The molecular weight excluding hydrogens is 387 g/mol. The topological polar surface area (TPSA) is 77.8 Å². The highest BCUT2D eigenvalue weighted by atomic mass is 32.2. The summed E-state index contributed by atoms with van der Waals surface area (Å²) < 4.78 is 53.4. The molecule has 0 N–H and O–H groups in total. The number of rotatable bonds is 6. The lowest BCUT2D eigenvalue weighted by atomic mass is 10.3. The summed E-state index contributed by atoms with van der Waals surface area (Å²) in [6.07, 6.45) is 0.0984. The van der Waals surface area contributed by atoms with Crippen LogP contribution < -0.4 is 15.0 Å². The zero-order valence-electron chi connectivity index (χ0n) is 16.0. The van der Waals surface area contributed by atoms with Crippen molar-refractivity contribution in [3.05, 3.63) is 52.2 Å². The minimum Gasteiger partial charge on any atom is -0.491 e. The van der Waals surface area contributed by atoms with Crippen LogP contribution in [0.3, 0.4) is 0 Å². The second-order valence-electron chi connectivity index (χ2n) is 6.65. The molecule has 1 aromatic heterocycles. The van der Waals surface area contributed by atoms with Crippen molar-refractivity contribution in [2.45, 2.75) is 31.3 Å². The molecule has 0 spiro atoms. The summed E-state index contributed by atoms with van der Waals surface area (Å²) in [6.45, 7) is 4.19. The normalized spacial score (nSPS) is 17.6. The van der Waals surface area contributed by atoms with Gasteiger partial charge in [-0.3, -0.25) is 4.79 Å². The van der Waals surface area contributed by atoms with Gasteiger partial charge in [0.05, 0.1) is 18.0 Å². The molecule has 1 unspecified atom stereocenters. The van der Waals surface area contributed by atoms with E-state index in [-0.39, 0.29) is 42.0 Å². The standard InChI is InChI=1S/C19H23FN2O5S/c1-4-26-18-6-5-16(11-17(18)20)28(24,25)22-8-7-14(12-22)27-15-9-13(2)21(3)19(23)10-15/h5-6,9-11,14H,4,7-8,12H2,1-3H3. The summed E-state index contributed by atoms with van der Waals surface area (Å²) in [7, 11) is -2.18. The van der Waals surface area contributed by atoms with Crippen molar-refractivity contribution < 1.29 is 22.3 Å². The first-order valence-corrected chi connectivity index (χ1v) is 10.4. The van der Waals surface area contributed by atoms with Crippen LogP contribution in [-0.2, 0) is 17.1 Å². The molecule has 3 rings (SSSR count). The van der Waals surface area contributed by atoms with Gasteiger partial charge >= 0.3 is 0 Å². The molecule has 1 saturated heterocycles. The van der Waals surface area contributed by atoms with Gasteiger partial charge in [0.2, 0.25) is 10.0 Å². The number of halogens is 1. The van der Waals surface area contributed by atoms with Crippen molar-refractivity contribution in [3.8, 4) is 11.5 Å². The molecule has 152 valence electrons. The van der Waals surface area contributed by atoms with Gasteiger partial charge in [-0.1, -0.05) is 0 Å². The highest BCUT2D eigenvalue weighted by Gasteiger charge is 2.34. The number of aryl methyl sites for hydroxylation is 1. The van der Waals surface area contributed by atoms with Crippen molar-refractivity contribution in [2.75, 3.05) is 19.7 Å². The zero-order chi connectivity index (χ0) is 20.5. The number of benzene rings is 1. The van der Waals surface area contributed by atoms with E-state index in [0.29, 0.717) is 12.2 Å². The van der Waals surface area contributed by atoms with E-state index in [2.05, 4.69) is 0 Å². The van der Waals surface area contributed by atoms with Gasteiger partial charge in [0.15, 0.2) is 11.6 Å². The number of aromatic nitrogens is 1. The Morgan fingerprint density at radius 2 is 2.00 bits per heavy atom.